The van der Waals surface area contributed by atoms with Crippen LogP contribution in [-0.2, 0) is 0 Å². The molecule has 0 heterocycles. The Morgan fingerprint density at radius 1 is 1.31 bits per heavy atom. The number of carboxylic acids is 1. The van der Waals surface area contributed by atoms with Gasteiger partial charge in [0.15, 0.2) is 0 Å². The smallest absolute Gasteiger partial charge is 0.335 e. The van der Waals surface area contributed by atoms with Crippen molar-refractivity contribution in [2.24, 2.45) is 0 Å². The van der Waals surface area contributed by atoms with Crippen LogP contribution in [0.1, 0.15) is 10.4 Å². The summed E-state index contributed by atoms with van der Waals surface area (Å²) in [7, 11) is 0. The van der Waals surface area contributed by atoms with Crippen molar-refractivity contribution in [2.75, 3.05) is 12.4 Å². The molecule has 0 saturated heterocycles. The predicted octanol–water partition coefficient (Wildman–Crippen LogP) is 1.47. The summed E-state index contributed by atoms with van der Waals surface area (Å²) in [5.74, 6) is -0.286. The molecule has 0 aliphatic rings. The summed E-state index contributed by atoms with van der Waals surface area (Å²) in [6, 6.07) is 6.59. The molecule has 13 heavy (non-hydrogen) atoms. The zero-order valence-corrected chi connectivity index (χ0v) is 7.75. The maximum Gasteiger partial charge on any atom is 0.335 e. The van der Waals surface area contributed by atoms with Crippen LogP contribution < -0.4 is 0 Å². The highest BCUT2D eigenvalue weighted by Gasteiger charge is 2.01. The van der Waals surface area contributed by atoms with Crippen molar-refractivity contribution < 1.29 is 15.0 Å². The van der Waals surface area contributed by atoms with Crippen LogP contribution in [0.4, 0.5) is 0 Å². The molecule has 0 spiro atoms. The molecule has 1 rings (SSSR count). The first-order valence-electron chi connectivity index (χ1n) is 3.81. The second-order valence-electron chi connectivity index (χ2n) is 2.40. The van der Waals surface area contributed by atoms with Gasteiger partial charge in [-0.1, -0.05) is 0 Å². The van der Waals surface area contributed by atoms with E-state index in [-0.39, 0.29) is 12.2 Å². The molecule has 1 aromatic carbocycles. The highest BCUT2D eigenvalue weighted by molar-refractivity contribution is 7.99. The summed E-state index contributed by atoms with van der Waals surface area (Å²) in [6.07, 6.45) is 0. The van der Waals surface area contributed by atoms with Gasteiger partial charge in [0.2, 0.25) is 0 Å². The summed E-state index contributed by atoms with van der Waals surface area (Å²) in [4.78, 5) is 11.5. The van der Waals surface area contributed by atoms with Gasteiger partial charge in [-0.15, -0.1) is 11.8 Å². The van der Waals surface area contributed by atoms with Crippen LogP contribution in [0.3, 0.4) is 0 Å². The summed E-state index contributed by atoms with van der Waals surface area (Å²) in [6.45, 7) is 0.130. The van der Waals surface area contributed by atoms with E-state index in [1.807, 2.05) is 0 Å². The first kappa shape index (κ1) is 10.1. The zero-order valence-electron chi connectivity index (χ0n) is 6.93. The second-order valence-corrected chi connectivity index (χ2v) is 3.57. The Balaban J connectivity index is 2.64. The number of hydrogen-bond donors (Lipinski definition) is 2. The van der Waals surface area contributed by atoms with Crippen LogP contribution in [0.2, 0.25) is 0 Å². The van der Waals surface area contributed by atoms with Crippen molar-refractivity contribution in [1.29, 1.82) is 0 Å². The van der Waals surface area contributed by atoms with E-state index in [2.05, 4.69) is 0 Å². The van der Waals surface area contributed by atoms with Crippen molar-refractivity contribution in [3.63, 3.8) is 0 Å². The van der Waals surface area contributed by atoms with Gasteiger partial charge in [0.1, 0.15) is 0 Å². The van der Waals surface area contributed by atoms with Gasteiger partial charge in [-0.25, -0.2) is 4.79 Å². The summed E-state index contributed by atoms with van der Waals surface area (Å²) in [5.41, 5.74) is 0.286. The van der Waals surface area contributed by atoms with E-state index in [1.54, 1.807) is 24.3 Å². The fourth-order valence-electron chi connectivity index (χ4n) is 0.857. The molecule has 0 bridgehead atoms. The zero-order chi connectivity index (χ0) is 9.68. The van der Waals surface area contributed by atoms with Crippen LogP contribution >= 0.6 is 11.8 Å². The molecule has 4 heteroatoms. The van der Waals surface area contributed by atoms with E-state index in [4.69, 9.17) is 10.2 Å². The minimum Gasteiger partial charge on any atom is -0.478 e. The largest absolute Gasteiger partial charge is 0.478 e. The molecular formula is C9H10O3S. The minimum atomic E-state index is -0.918. The molecule has 0 fully saturated rings. The van der Waals surface area contributed by atoms with Crippen LogP contribution in [0.15, 0.2) is 29.2 Å². The topological polar surface area (TPSA) is 57.5 Å². The van der Waals surface area contributed by atoms with Crippen LogP contribution in [0.25, 0.3) is 0 Å². The molecule has 0 aliphatic heterocycles. The lowest BCUT2D eigenvalue weighted by molar-refractivity contribution is 0.0697. The standard InChI is InChI=1S/C9H10O3S/c10-5-6-13-8-3-1-7(2-4-8)9(11)12/h1-4,10H,5-6H2,(H,11,12). The third-order valence-electron chi connectivity index (χ3n) is 1.46. The van der Waals surface area contributed by atoms with Crippen molar-refractivity contribution in [1.82, 2.24) is 0 Å². The molecule has 0 amide bonds. The van der Waals surface area contributed by atoms with Gasteiger partial charge in [-0.3, -0.25) is 0 Å². The number of aromatic carboxylic acids is 1. The van der Waals surface area contributed by atoms with Crippen molar-refractivity contribution in [2.45, 2.75) is 4.90 Å². The highest BCUT2D eigenvalue weighted by Crippen LogP contribution is 2.17. The number of rotatable bonds is 4. The summed E-state index contributed by atoms with van der Waals surface area (Å²) in [5, 5.41) is 17.2. The average molecular weight is 198 g/mol. The molecule has 0 atom stereocenters. The van der Waals surface area contributed by atoms with Gasteiger partial charge < -0.3 is 10.2 Å². The van der Waals surface area contributed by atoms with E-state index in [1.165, 1.54) is 11.8 Å². The SMILES string of the molecule is O=C(O)c1ccc(SCCO)cc1. The fourth-order valence-corrected chi connectivity index (χ4v) is 1.51. The van der Waals surface area contributed by atoms with E-state index in [0.29, 0.717) is 5.75 Å². The Kier molecular flexibility index (Phi) is 3.79. The Morgan fingerprint density at radius 3 is 2.38 bits per heavy atom. The van der Waals surface area contributed by atoms with Gasteiger partial charge in [-0.05, 0) is 24.3 Å². The van der Waals surface area contributed by atoms with Crippen LogP contribution in [-0.4, -0.2) is 28.5 Å². The maximum absolute atomic E-state index is 10.5. The molecule has 0 aliphatic carbocycles. The molecular weight excluding hydrogens is 188 g/mol. The van der Waals surface area contributed by atoms with Crippen LogP contribution in [0.5, 0.6) is 0 Å². The van der Waals surface area contributed by atoms with Crippen molar-refractivity contribution >= 4 is 17.7 Å². The number of carbonyl (C=O) groups is 1. The average Bonchev–Trinajstić information content (AvgIpc) is 2.15. The lowest BCUT2D eigenvalue weighted by atomic mass is 10.2. The fraction of sp³-hybridized carbons (Fsp3) is 0.222. The normalized spacial score (nSPS) is 9.92. The molecule has 2 N–H and O–H groups in total. The third-order valence-corrected chi connectivity index (χ3v) is 2.45. The maximum atomic E-state index is 10.5. The molecule has 1 aromatic rings. The number of carboxylic acid groups (broad SMARTS) is 1. The van der Waals surface area contributed by atoms with Crippen LogP contribution in [0, 0.1) is 0 Å². The monoisotopic (exact) mass is 198 g/mol. The molecule has 0 aromatic heterocycles. The summed E-state index contributed by atoms with van der Waals surface area (Å²) < 4.78 is 0. The van der Waals surface area contributed by atoms with Gasteiger partial charge in [0.05, 0.1) is 12.2 Å². The van der Waals surface area contributed by atoms with E-state index >= 15 is 0 Å². The minimum absolute atomic E-state index is 0.130. The second kappa shape index (κ2) is 4.89. The van der Waals surface area contributed by atoms with Crippen molar-refractivity contribution in [3.05, 3.63) is 29.8 Å². The Hall–Kier alpha value is -1.00. The number of benzene rings is 1. The predicted molar refractivity (Wildman–Crippen MR) is 51.2 cm³/mol. The lowest BCUT2D eigenvalue weighted by Crippen LogP contribution is -1.95. The number of hydrogen-bond acceptors (Lipinski definition) is 3. The van der Waals surface area contributed by atoms with E-state index < -0.39 is 5.97 Å². The van der Waals surface area contributed by atoms with E-state index in [0.717, 1.165) is 4.90 Å². The first-order valence-corrected chi connectivity index (χ1v) is 4.79. The number of aliphatic hydroxyl groups excluding tert-OH is 1. The third kappa shape index (κ3) is 3.08. The van der Waals surface area contributed by atoms with Gasteiger partial charge >= 0.3 is 5.97 Å². The molecule has 0 radical (unpaired) electrons. The van der Waals surface area contributed by atoms with Crippen molar-refractivity contribution in [3.8, 4) is 0 Å². The number of aliphatic hydroxyl groups is 1. The Bertz CT molecular complexity index is 281. The molecule has 0 unspecified atom stereocenters. The van der Waals surface area contributed by atoms with Gasteiger partial charge in [0, 0.05) is 10.6 Å². The Labute approximate surface area is 80.4 Å². The Morgan fingerprint density at radius 2 is 1.92 bits per heavy atom. The number of thioether (sulfide) groups is 1. The highest BCUT2D eigenvalue weighted by atomic mass is 32.2. The molecule has 3 nitrogen and oxygen atoms in total. The molecule has 70 valence electrons. The van der Waals surface area contributed by atoms with Gasteiger partial charge in [0.25, 0.3) is 0 Å². The quantitative estimate of drug-likeness (QED) is 0.719. The van der Waals surface area contributed by atoms with Gasteiger partial charge in [-0.2, -0.15) is 0 Å². The summed E-state index contributed by atoms with van der Waals surface area (Å²) >= 11 is 1.50. The lowest BCUT2D eigenvalue weighted by Gasteiger charge is -1.99. The molecule has 0 saturated carbocycles. The van der Waals surface area contributed by atoms with E-state index in [9.17, 15) is 4.79 Å². The first-order chi connectivity index (χ1) is 6.24.